The third kappa shape index (κ3) is 3.10. The van der Waals surface area contributed by atoms with Gasteiger partial charge in [0, 0.05) is 11.1 Å². The molecule has 33 heavy (non-hydrogen) atoms. The Morgan fingerprint density at radius 3 is 1.97 bits per heavy atom. The normalized spacial score (nSPS) is 17.3. The molecule has 0 aromatic heterocycles. The molecular weight excluding hydrogens is 423 g/mol. The molecule has 0 saturated carbocycles. The molecule has 3 aromatic rings. The molecule has 0 spiro atoms. The third-order valence-corrected chi connectivity index (χ3v) is 5.62. The molecule has 8 heteroatoms. The van der Waals surface area contributed by atoms with E-state index in [1.165, 1.54) is 35.2 Å². The number of anilines is 1. The van der Waals surface area contributed by atoms with Crippen LogP contribution in [0.25, 0.3) is 0 Å². The summed E-state index contributed by atoms with van der Waals surface area (Å²) in [5.74, 6) is -2.65. The fourth-order valence-electron chi connectivity index (χ4n) is 4.11. The van der Waals surface area contributed by atoms with Crippen molar-refractivity contribution in [1.82, 2.24) is 4.90 Å². The van der Waals surface area contributed by atoms with Crippen LogP contribution in [0.15, 0.2) is 77.8 Å². The number of carbonyl (C=O) groups is 3. The first-order valence-electron chi connectivity index (χ1n) is 10.1. The quantitative estimate of drug-likeness (QED) is 0.464. The zero-order valence-corrected chi connectivity index (χ0v) is 17.1. The molecule has 0 fully saturated rings. The van der Waals surface area contributed by atoms with Crippen LogP contribution in [0.2, 0.25) is 0 Å². The van der Waals surface area contributed by atoms with Gasteiger partial charge in [0.15, 0.2) is 0 Å². The highest BCUT2D eigenvalue weighted by Crippen LogP contribution is 2.33. The molecule has 1 atom stereocenters. The summed E-state index contributed by atoms with van der Waals surface area (Å²) in [6.45, 7) is -0.338. The number of rotatable bonds is 3. The number of hydrogen-bond acceptors (Lipinski definition) is 5. The third-order valence-electron chi connectivity index (χ3n) is 5.62. The molecule has 3 aromatic carbocycles. The van der Waals surface area contributed by atoms with Crippen molar-refractivity contribution in [3.8, 4) is 6.07 Å². The molecule has 7 nitrogen and oxygen atoms in total. The van der Waals surface area contributed by atoms with Crippen LogP contribution in [-0.2, 0) is 4.79 Å². The van der Waals surface area contributed by atoms with Crippen LogP contribution in [0, 0.1) is 17.1 Å². The largest absolute Gasteiger partial charge is 0.294 e. The van der Waals surface area contributed by atoms with Crippen molar-refractivity contribution in [3.05, 3.63) is 101 Å². The van der Waals surface area contributed by atoms with Gasteiger partial charge in [0.2, 0.25) is 6.17 Å². The average molecular weight is 438 g/mol. The lowest BCUT2D eigenvalue weighted by molar-refractivity contribution is -0.122. The smallest absolute Gasteiger partial charge is 0.273 e. The second-order valence-electron chi connectivity index (χ2n) is 7.46. The minimum atomic E-state index is -1.60. The number of halogens is 1. The minimum absolute atomic E-state index is 0.109. The number of aliphatic imine (C=N–C) groups is 1. The van der Waals surface area contributed by atoms with Crippen molar-refractivity contribution in [2.75, 3.05) is 11.4 Å². The molecule has 2 heterocycles. The summed E-state index contributed by atoms with van der Waals surface area (Å²) in [4.78, 5) is 46.3. The summed E-state index contributed by atoms with van der Waals surface area (Å²) in [6, 6.07) is 20.8. The first-order chi connectivity index (χ1) is 16.0. The van der Waals surface area contributed by atoms with Crippen LogP contribution < -0.4 is 4.90 Å². The number of carbonyl (C=O) groups excluding carboxylic acids is 3. The van der Waals surface area contributed by atoms with E-state index in [0.29, 0.717) is 11.3 Å². The van der Waals surface area contributed by atoms with Gasteiger partial charge in [-0.3, -0.25) is 19.3 Å². The lowest BCUT2D eigenvalue weighted by Crippen LogP contribution is -2.50. The number of benzodiazepines with no additional fused rings is 1. The van der Waals surface area contributed by atoms with Crippen LogP contribution in [0.3, 0.4) is 0 Å². The van der Waals surface area contributed by atoms with Crippen LogP contribution in [-0.4, -0.2) is 41.0 Å². The van der Waals surface area contributed by atoms with E-state index in [0.717, 1.165) is 4.90 Å². The maximum Gasteiger partial charge on any atom is 0.273 e. The molecule has 0 saturated heterocycles. The van der Waals surface area contributed by atoms with Gasteiger partial charge in [0.05, 0.1) is 28.6 Å². The first-order valence-corrected chi connectivity index (χ1v) is 10.1. The number of nitrogens with zero attached hydrogens (tertiary/aromatic N) is 4. The standard InChI is InChI=1S/C25H15FN4O3/c26-19-11-5-3-9-17(19)21-18-10-4-6-12-20(18)29(14-13-27)25(33)22(28-21)30-23(31)15-7-1-2-8-16(15)24(30)32/h1-12,22H,14H2/t22-/m0/s1. The zero-order valence-electron chi connectivity index (χ0n) is 17.1. The Morgan fingerprint density at radius 1 is 0.818 bits per heavy atom. The highest BCUT2D eigenvalue weighted by atomic mass is 19.1. The monoisotopic (exact) mass is 438 g/mol. The van der Waals surface area contributed by atoms with Crippen molar-refractivity contribution < 1.29 is 18.8 Å². The molecule has 0 radical (unpaired) electrons. The van der Waals surface area contributed by atoms with E-state index in [-0.39, 0.29) is 28.9 Å². The Kier molecular flexibility index (Phi) is 4.79. The van der Waals surface area contributed by atoms with Gasteiger partial charge in [-0.15, -0.1) is 0 Å². The van der Waals surface area contributed by atoms with Crippen molar-refractivity contribution >= 4 is 29.1 Å². The lowest BCUT2D eigenvalue weighted by Gasteiger charge is -2.26. The highest BCUT2D eigenvalue weighted by molar-refractivity contribution is 6.25. The van der Waals surface area contributed by atoms with E-state index in [1.54, 1.807) is 42.5 Å². The lowest BCUT2D eigenvalue weighted by atomic mass is 10.00. The minimum Gasteiger partial charge on any atom is -0.294 e. The van der Waals surface area contributed by atoms with E-state index in [2.05, 4.69) is 4.99 Å². The number of imide groups is 1. The Bertz CT molecular complexity index is 1370. The Morgan fingerprint density at radius 2 is 1.36 bits per heavy atom. The van der Waals surface area contributed by atoms with Gasteiger partial charge in [0.25, 0.3) is 17.7 Å². The SMILES string of the molecule is N#CCN1C(=O)[C@H](N2C(=O)c3ccccc3C2=O)N=C(c2ccccc2F)c2ccccc21. The molecule has 0 unspecified atom stereocenters. The summed E-state index contributed by atoms with van der Waals surface area (Å²) in [5.41, 5.74) is 1.28. The summed E-state index contributed by atoms with van der Waals surface area (Å²) >= 11 is 0. The van der Waals surface area contributed by atoms with Gasteiger partial charge in [-0.05, 0) is 30.3 Å². The van der Waals surface area contributed by atoms with Crippen molar-refractivity contribution in [2.45, 2.75) is 6.17 Å². The number of hydrogen-bond donors (Lipinski definition) is 0. The molecule has 0 aliphatic carbocycles. The van der Waals surface area contributed by atoms with Gasteiger partial charge < -0.3 is 0 Å². The fraction of sp³-hybridized carbons (Fsp3) is 0.0800. The Balaban J connectivity index is 1.75. The summed E-state index contributed by atoms with van der Waals surface area (Å²) in [7, 11) is 0. The first kappa shape index (κ1) is 20.3. The van der Waals surface area contributed by atoms with Gasteiger partial charge in [-0.2, -0.15) is 5.26 Å². The predicted octanol–water partition coefficient (Wildman–Crippen LogP) is 3.16. The van der Waals surface area contributed by atoms with E-state index in [9.17, 15) is 24.0 Å². The van der Waals surface area contributed by atoms with Gasteiger partial charge in [-0.25, -0.2) is 14.3 Å². The Hall–Kier alpha value is -4.64. The van der Waals surface area contributed by atoms with Gasteiger partial charge in [-0.1, -0.05) is 42.5 Å². The fourth-order valence-corrected chi connectivity index (χ4v) is 4.11. The maximum atomic E-state index is 14.8. The number of fused-ring (bicyclic) bond motifs is 2. The predicted molar refractivity (Wildman–Crippen MR) is 117 cm³/mol. The highest BCUT2D eigenvalue weighted by Gasteiger charge is 2.46. The zero-order chi connectivity index (χ0) is 23.1. The second kappa shape index (κ2) is 7.80. The molecule has 2 aliphatic rings. The second-order valence-corrected chi connectivity index (χ2v) is 7.46. The van der Waals surface area contributed by atoms with Crippen LogP contribution >= 0.6 is 0 Å². The number of para-hydroxylation sites is 1. The summed E-state index contributed by atoms with van der Waals surface area (Å²) < 4.78 is 14.8. The number of nitriles is 1. The molecular formula is C25H15FN4O3. The van der Waals surface area contributed by atoms with E-state index in [4.69, 9.17) is 0 Å². The molecule has 2 aliphatic heterocycles. The molecule has 0 N–H and O–H groups in total. The molecule has 0 bridgehead atoms. The number of benzene rings is 3. The van der Waals surface area contributed by atoms with E-state index >= 15 is 0 Å². The van der Waals surface area contributed by atoms with Crippen LogP contribution in [0.5, 0.6) is 0 Å². The van der Waals surface area contributed by atoms with E-state index in [1.807, 2.05) is 6.07 Å². The summed E-state index contributed by atoms with van der Waals surface area (Å²) in [6.07, 6.45) is -1.60. The van der Waals surface area contributed by atoms with Crippen LogP contribution in [0.1, 0.15) is 31.8 Å². The van der Waals surface area contributed by atoms with E-state index < -0.39 is 29.7 Å². The average Bonchev–Trinajstić information content (AvgIpc) is 3.02. The van der Waals surface area contributed by atoms with Crippen LogP contribution in [0.4, 0.5) is 10.1 Å². The van der Waals surface area contributed by atoms with Crippen molar-refractivity contribution in [1.29, 1.82) is 5.26 Å². The molecule has 160 valence electrons. The maximum absolute atomic E-state index is 14.8. The topological polar surface area (TPSA) is 93.8 Å². The molecule has 3 amide bonds. The Labute approximate surface area is 188 Å². The van der Waals surface area contributed by atoms with Crippen molar-refractivity contribution in [3.63, 3.8) is 0 Å². The number of amides is 3. The molecule has 5 rings (SSSR count). The van der Waals surface area contributed by atoms with Gasteiger partial charge >= 0.3 is 0 Å². The van der Waals surface area contributed by atoms with Gasteiger partial charge in [0.1, 0.15) is 12.4 Å². The van der Waals surface area contributed by atoms with Crippen molar-refractivity contribution in [2.24, 2.45) is 4.99 Å². The summed E-state index contributed by atoms with van der Waals surface area (Å²) in [5, 5.41) is 9.39.